The standard InChI is InChI=1S/C11H13N3O3S/c1-7(6-18-2)12-11-13-10-8(14(15)16)4-3-5-9(10)17-11/h3-5,7H,6H2,1-2H3,(H,12,13). The molecule has 0 bridgehead atoms. The van der Waals surface area contributed by atoms with Gasteiger partial charge >= 0.3 is 0 Å². The Kier molecular flexibility index (Phi) is 3.71. The highest BCUT2D eigenvalue weighted by atomic mass is 32.2. The van der Waals surface area contributed by atoms with Crippen molar-refractivity contribution >= 4 is 34.6 Å². The lowest BCUT2D eigenvalue weighted by Crippen LogP contribution is -2.17. The van der Waals surface area contributed by atoms with Gasteiger partial charge in [-0.15, -0.1) is 0 Å². The molecule has 2 aromatic rings. The van der Waals surface area contributed by atoms with E-state index in [9.17, 15) is 10.1 Å². The summed E-state index contributed by atoms with van der Waals surface area (Å²) in [4.78, 5) is 14.5. The van der Waals surface area contributed by atoms with Gasteiger partial charge in [-0.25, -0.2) is 0 Å². The molecule has 96 valence electrons. The third-order valence-corrected chi connectivity index (χ3v) is 3.21. The zero-order valence-electron chi connectivity index (χ0n) is 10.0. The van der Waals surface area contributed by atoms with Crippen LogP contribution in [0, 0.1) is 10.1 Å². The number of non-ortho nitro benzene ring substituents is 1. The molecule has 1 heterocycles. The Morgan fingerprint density at radius 1 is 1.61 bits per heavy atom. The number of para-hydroxylation sites is 1. The van der Waals surface area contributed by atoms with Gasteiger partial charge in [0.1, 0.15) is 0 Å². The smallest absolute Gasteiger partial charge is 0.298 e. The normalized spacial score (nSPS) is 12.6. The predicted molar refractivity (Wildman–Crippen MR) is 72.1 cm³/mol. The van der Waals surface area contributed by atoms with Crippen LogP contribution < -0.4 is 5.32 Å². The highest BCUT2D eigenvalue weighted by molar-refractivity contribution is 7.98. The second-order valence-corrected chi connectivity index (χ2v) is 4.81. The SMILES string of the molecule is CSCC(C)Nc1nc2c([N+](=O)[O-])cccc2o1. The van der Waals surface area contributed by atoms with Gasteiger partial charge in [0.05, 0.1) is 4.92 Å². The summed E-state index contributed by atoms with van der Waals surface area (Å²) in [6, 6.07) is 5.17. The maximum atomic E-state index is 10.8. The van der Waals surface area contributed by atoms with Crippen molar-refractivity contribution in [2.75, 3.05) is 17.3 Å². The second kappa shape index (κ2) is 5.26. The molecule has 2 rings (SSSR count). The molecular formula is C11H13N3O3S. The summed E-state index contributed by atoms with van der Waals surface area (Å²) in [5.41, 5.74) is 0.659. The number of nitrogens with zero attached hydrogens (tertiary/aromatic N) is 2. The Balaban J connectivity index is 2.32. The molecule has 0 aliphatic heterocycles. The fraction of sp³-hybridized carbons (Fsp3) is 0.364. The Morgan fingerprint density at radius 3 is 3.06 bits per heavy atom. The number of benzene rings is 1. The van der Waals surface area contributed by atoms with Gasteiger partial charge in [-0.2, -0.15) is 16.7 Å². The first-order valence-electron chi connectivity index (χ1n) is 5.41. The van der Waals surface area contributed by atoms with E-state index in [-0.39, 0.29) is 17.2 Å². The number of thioether (sulfide) groups is 1. The number of nitrogens with one attached hydrogen (secondary N) is 1. The molecule has 0 spiro atoms. The van der Waals surface area contributed by atoms with E-state index in [0.717, 1.165) is 5.75 Å². The average Bonchev–Trinajstić information content (AvgIpc) is 2.70. The van der Waals surface area contributed by atoms with Crippen molar-refractivity contribution in [3.05, 3.63) is 28.3 Å². The lowest BCUT2D eigenvalue weighted by molar-refractivity contribution is -0.383. The van der Waals surface area contributed by atoms with Crippen molar-refractivity contribution in [2.45, 2.75) is 13.0 Å². The van der Waals surface area contributed by atoms with E-state index in [2.05, 4.69) is 10.3 Å². The first-order valence-corrected chi connectivity index (χ1v) is 6.80. The molecule has 0 fully saturated rings. The molecule has 0 saturated carbocycles. The highest BCUT2D eigenvalue weighted by Gasteiger charge is 2.17. The van der Waals surface area contributed by atoms with Gasteiger partial charge < -0.3 is 9.73 Å². The van der Waals surface area contributed by atoms with Gasteiger partial charge in [0, 0.05) is 17.9 Å². The van der Waals surface area contributed by atoms with E-state index in [1.165, 1.54) is 6.07 Å². The molecule has 0 aliphatic rings. The van der Waals surface area contributed by atoms with Crippen molar-refractivity contribution in [1.82, 2.24) is 4.98 Å². The minimum Gasteiger partial charge on any atom is -0.423 e. The Hall–Kier alpha value is -1.76. The van der Waals surface area contributed by atoms with Gasteiger partial charge in [0.25, 0.3) is 11.7 Å². The summed E-state index contributed by atoms with van der Waals surface area (Å²) in [5, 5.41) is 13.9. The van der Waals surface area contributed by atoms with Crippen LogP contribution in [0.4, 0.5) is 11.7 Å². The van der Waals surface area contributed by atoms with E-state index >= 15 is 0 Å². The Bertz CT molecular complexity index is 570. The summed E-state index contributed by atoms with van der Waals surface area (Å²) in [5.74, 6) is 0.904. The lowest BCUT2D eigenvalue weighted by atomic mass is 10.3. The molecule has 1 aromatic carbocycles. The summed E-state index contributed by atoms with van der Waals surface area (Å²) in [6.45, 7) is 2.00. The van der Waals surface area contributed by atoms with Crippen LogP contribution >= 0.6 is 11.8 Å². The molecule has 1 unspecified atom stereocenters. The molecule has 1 atom stereocenters. The van der Waals surface area contributed by atoms with Crippen molar-refractivity contribution in [3.63, 3.8) is 0 Å². The fourth-order valence-electron chi connectivity index (χ4n) is 1.65. The van der Waals surface area contributed by atoms with Crippen LogP contribution in [0.5, 0.6) is 0 Å². The summed E-state index contributed by atoms with van der Waals surface area (Å²) in [6.07, 6.45) is 2.01. The van der Waals surface area contributed by atoms with Crippen LogP contribution in [-0.4, -0.2) is 28.0 Å². The topological polar surface area (TPSA) is 81.2 Å². The molecule has 0 aliphatic carbocycles. The largest absolute Gasteiger partial charge is 0.423 e. The number of nitro groups is 1. The molecule has 1 aromatic heterocycles. The quantitative estimate of drug-likeness (QED) is 0.662. The Labute approximate surface area is 108 Å². The molecule has 18 heavy (non-hydrogen) atoms. The van der Waals surface area contributed by atoms with Crippen LogP contribution in [0.3, 0.4) is 0 Å². The van der Waals surface area contributed by atoms with E-state index in [0.29, 0.717) is 11.6 Å². The fourth-order valence-corrected chi connectivity index (χ4v) is 2.23. The molecule has 0 radical (unpaired) electrons. The first kappa shape index (κ1) is 12.7. The number of aromatic nitrogens is 1. The maximum Gasteiger partial charge on any atom is 0.298 e. The van der Waals surface area contributed by atoms with Crippen LogP contribution in [0.1, 0.15) is 6.92 Å². The van der Waals surface area contributed by atoms with Gasteiger partial charge in [-0.05, 0) is 19.2 Å². The van der Waals surface area contributed by atoms with Crippen LogP contribution in [0.15, 0.2) is 22.6 Å². The summed E-state index contributed by atoms with van der Waals surface area (Å²) < 4.78 is 5.44. The zero-order chi connectivity index (χ0) is 13.1. The number of fused-ring (bicyclic) bond motifs is 1. The molecule has 1 N–H and O–H groups in total. The zero-order valence-corrected chi connectivity index (χ0v) is 10.9. The molecule has 0 saturated heterocycles. The second-order valence-electron chi connectivity index (χ2n) is 3.90. The lowest BCUT2D eigenvalue weighted by Gasteiger charge is -2.08. The molecular weight excluding hydrogens is 254 g/mol. The van der Waals surface area contributed by atoms with Crippen LogP contribution in [0.2, 0.25) is 0 Å². The van der Waals surface area contributed by atoms with Crippen molar-refractivity contribution in [3.8, 4) is 0 Å². The maximum absolute atomic E-state index is 10.8. The average molecular weight is 267 g/mol. The van der Waals surface area contributed by atoms with Crippen LogP contribution in [0.25, 0.3) is 11.1 Å². The van der Waals surface area contributed by atoms with Crippen molar-refractivity contribution in [2.24, 2.45) is 0 Å². The van der Waals surface area contributed by atoms with Gasteiger partial charge in [-0.3, -0.25) is 10.1 Å². The Morgan fingerprint density at radius 2 is 2.39 bits per heavy atom. The van der Waals surface area contributed by atoms with E-state index in [1.54, 1.807) is 23.9 Å². The highest BCUT2D eigenvalue weighted by Crippen LogP contribution is 2.27. The number of nitro benzene ring substituents is 1. The van der Waals surface area contributed by atoms with E-state index < -0.39 is 4.92 Å². The molecule has 7 heteroatoms. The van der Waals surface area contributed by atoms with Gasteiger partial charge in [-0.1, -0.05) is 6.07 Å². The molecule has 6 nitrogen and oxygen atoms in total. The van der Waals surface area contributed by atoms with Gasteiger partial charge in [0.15, 0.2) is 11.1 Å². The van der Waals surface area contributed by atoms with Gasteiger partial charge in [0.2, 0.25) is 0 Å². The third-order valence-electron chi connectivity index (χ3n) is 2.38. The monoisotopic (exact) mass is 267 g/mol. The number of hydrogen-bond donors (Lipinski definition) is 1. The van der Waals surface area contributed by atoms with Crippen molar-refractivity contribution < 1.29 is 9.34 Å². The minimum absolute atomic E-state index is 0.0400. The number of oxazole rings is 1. The minimum atomic E-state index is -0.458. The third kappa shape index (κ3) is 2.56. The van der Waals surface area contributed by atoms with Crippen molar-refractivity contribution in [1.29, 1.82) is 0 Å². The number of rotatable bonds is 5. The van der Waals surface area contributed by atoms with Crippen LogP contribution in [-0.2, 0) is 0 Å². The predicted octanol–water partition coefficient (Wildman–Crippen LogP) is 2.90. The number of anilines is 1. The number of hydrogen-bond acceptors (Lipinski definition) is 6. The summed E-state index contributed by atoms with van der Waals surface area (Å²) in [7, 11) is 0. The molecule has 0 amide bonds. The van der Waals surface area contributed by atoms with E-state index in [4.69, 9.17) is 4.42 Å². The first-order chi connectivity index (χ1) is 8.61. The summed E-state index contributed by atoms with van der Waals surface area (Å²) >= 11 is 1.70. The van der Waals surface area contributed by atoms with E-state index in [1.807, 2.05) is 13.2 Å².